The van der Waals surface area contributed by atoms with Crippen LogP contribution in [0.15, 0.2) is 4.99 Å². The van der Waals surface area contributed by atoms with E-state index in [2.05, 4.69) is 83.4 Å². The first-order valence-electron chi connectivity index (χ1n) is 25.5. The normalized spacial score (nSPS) is 16.0. The topological polar surface area (TPSA) is 465 Å². The summed E-state index contributed by atoms with van der Waals surface area (Å²) in [6.45, 7) is 5.12. The van der Waals surface area contributed by atoms with E-state index in [9.17, 15) is 62.6 Å². The molecule has 1 aliphatic rings. The maximum atomic E-state index is 13.9. The van der Waals surface area contributed by atoms with E-state index in [1.165, 1.54) is 30.5 Å². The highest BCUT2D eigenvalue weighted by molar-refractivity contribution is 7.98. The number of nitrogens with two attached hydrogens (primary N) is 4. The number of carboxylic acid groups (broad SMARTS) is 1. The Morgan fingerprint density at radius 1 is 0.628 bits per heavy atom. The van der Waals surface area contributed by atoms with E-state index in [1.807, 2.05) is 6.26 Å². The molecule has 0 aromatic rings. The number of carbonyl (C=O) groups excluding carboxylic acids is 11. The van der Waals surface area contributed by atoms with E-state index in [1.54, 1.807) is 13.8 Å². The molecule has 0 radical (unpaired) electrons. The lowest BCUT2D eigenvalue weighted by molar-refractivity contribution is -0.142. The fourth-order valence-corrected chi connectivity index (χ4v) is 8.40. The fourth-order valence-electron chi connectivity index (χ4n) is 7.42. The number of likely N-dealkylation sites (tertiary alicyclic amines) is 1. The van der Waals surface area contributed by atoms with Crippen molar-refractivity contribution in [2.45, 2.75) is 140 Å². The highest BCUT2D eigenvalue weighted by Crippen LogP contribution is 2.18. The minimum atomic E-state index is -1.37. The molecule has 442 valence electrons. The summed E-state index contributed by atoms with van der Waals surface area (Å²) in [5, 5.41) is 34.1. The molecular formula is C46H82N16O13S3. The lowest BCUT2D eigenvalue weighted by Crippen LogP contribution is -2.59. The minimum absolute atomic E-state index is 0.0472. The van der Waals surface area contributed by atoms with Crippen LogP contribution < -0.4 is 76.1 Å². The van der Waals surface area contributed by atoms with Crippen LogP contribution in [-0.2, 0) is 57.5 Å². The summed E-state index contributed by atoms with van der Waals surface area (Å²) in [5.74, 6) is -9.73. The Morgan fingerprint density at radius 3 is 1.73 bits per heavy atom. The summed E-state index contributed by atoms with van der Waals surface area (Å²) >= 11 is 9.89. The molecule has 0 bridgehead atoms. The lowest BCUT2D eigenvalue weighted by atomic mass is 10.0. The van der Waals surface area contributed by atoms with Crippen molar-refractivity contribution in [3.8, 4) is 0 Å². The standard InChI is InChI=1S/C46H82N16O13S3/c1-24(2)18-30(42(71)55-26(4)38(67)53-19-34(63)52-20-35(64)56-29(45(74)75)10-6-7-14-47)59-43(72)32(23-77)61-40(69)27(11-8-15-51-46(49)50)58-44(73)33-12-9-16-62(33)36(65)21-54-39(68)31(22-76)60-41(70)28(13-17-78-5)57-37(66)25(3)48/h24-33,76-77H,6-23,47-48H2,1-5H3,(H,52,63)(H,53,67)(H,54,68)(H,55,71)(H,56,64)(H,57,66)(H,58,73)(H,59,72)(H,60,70)(H,61,69)(H,74,75)(H4,49,50,51)/t25-,26-,27-,28-,29-,30-,31-,32-,33-/m0/s1. The molecule has 0 saturated carbocycles. The predicted octanol–water partition coefficient (Wildman–Crippen LogP) is -5.99. The van der Waals surface area contributed by atoms with Crippen molar-refractivity contribution in [1.29, 1.82) is 0 Å². The molecule has 0 aliphatic carbocycles. The van der Waals surface area contributed by atoms with Crippen LogP contribution in [0.4, 0.5) is 0 Å². The first-order chi connectivity index (χ1) is 36.8. The molecule has 1 aliphatic heterocycles. The van der Waals surface area contributed by atoms with Crippen LogP contribution >= 0.6 is 37.0 Å². The lowest BCUT2D eigenvalue weighted by Gasteiger charge is -2.28. The number of unbranched alkanes of at least 4 members (excludes halogenated alkanes) is 1. The molecule has 1 rings (SSSR count). The molecule has 19 N–H and O–H groups in total. The third kappa shape index (κ3) is 27.0. The zero-order valence-corrected chi connectivity index (χ0v) is 47.5. The van der Waals surface area contributed by atoms with Crippen LogP contribution in [0.25, 0.3) is 0 Å². The van der Waals surface area contributed by atoms with Gasteiger partial charge >= 0.3 is 5.97 Å². The van der Waals surface area contributed by atoms with Gasteiger partial charge in [0, 0.05) is 24.6 Å². The van der Waals surface area contributed by atoms with Gasteiger partial charge in [0.2, 0.25) is 65.0 Å². The van der Waals surface area contributed by atoms with E-state index in [0.29, 0.717) is 31.6 Å². The number of hydrogen-bond donors (Lipinski definition) is 17. The fraction of sp³-hybridized carbons (Fsp3) is 0.717. The predicted molar refractivity (Wildman–Crippen MR) is 297 cm³/mol. The second-order valence-electron chi connectivity index (χ2n) is 18.8. The molecule has 29 nitrogen and oxygen atoms in total. The maximum Gasteiger partial charge on any atom is 0.326 e. The number of thiol groups is 2. The molecule has 0 aromatic heterocycles. The number of guanidine groups is 1. The summed E-state index contributed by atoms with van der Waals surface area (Å²) in [6.07, 6.45) is 4.01. The second-order valence-corrected chi connectivity index (χ2v) is 20.5. The van der Waals surface area contributed by atoms with Crippen molar-refractivity contribution in [2.24, 2.45) is 33.8 Å². The Bertz CT molecular complexity index is 2090. The molecule has 9 atom stereocenters. The van der Waals surface area contributed by atoms with Crippen LogP contribution in [0.3, 0.4) is 0 Å². The van der Waals surface area contributed by atoms with E-state index < -0.39 is 145 Å². The average molecular weight is 1160 g/mol. The Morgan fingerprint density at radius 2 is 1.17 bits per heavy atom. The minimum Gasteiger partial charge on any atom is -0.480 e. The van der Waals surface area contributed by atoms with Crippen LogP contribution in [0.5, 0.6) is 0 Å². The number of aliphatic carboxylic acids is 1. The summed E-state index contributed by atoms with van der Waals surface area (Å²) < 4.78 is 0. The van der Waals surface area contributed by atoms with Gasteiger partial charge in [-0.15, -0.1) is 0 Å². The zero-order chi connectivity index (χ0) is 59.1. The van der Waals surface area contributed by atoms with Crippen molar-refractivity contribution in [1.82, 2.24) is 58.1 Å². The first kappa shape index (κ1) is 69.9. The van der Waals surface area contributed by atoms with Crippen molar-refractivity contribution in [2.75, 3.05) is 62.8 Å². The van der Waals surface area contributed by atoms with Crippen molar-refractivity contribution < 1.29 is 62.6 Å². The number of nitrogens with zero attached hydrogens (tertiary/aromatic N) is 2. The molecule has 78 heavy (non-hydrogen) atoms. The summed E-state index contributed by atoms with van der Waals surface area (Å²) in [6, 6.07) is -10.5. The Kier molecular flexibility index (Phi) is 33.7. The monoisotopic (exact) mass is 1160 g/mol. The van der Waals surface area contributed by atoms with Crippen LogP contribution in [-0.4, -0.2) is 204 Å². The molecule has 0 unspecified atom stereocenters. The highest BCUT2D eigenvalue weighted by atomic mass is 32.2. The smallest absolute Gasteiger partial charge is 0.326 e. The van der Waals surface area contributed by atoms with Gasteiger partial charge in [-0.2, -0.15) is 37.0 Å². The Labute approximate surface area is 469 Å². The maximum absolute atomic E-state index is 13.9. The Hall–Kier alpha value is -6.12. The Balaban J connectivity index is 3.04. The van der Waals surface area contributed by atoms with Gasteiger partial charge in [-0.3, -0.25) is 57.7 Å². The van der Waals surface area contributed by atoms with Crippen LogP contribution in [0.2, 0.25) is 0 Å². The van der Waals surface area contributed by atoms with Gasteiger partial charge in [-0.25, -0.2) is 4.79 Å². The summed E-state index contributed by atoms with van der Waals surface area (Å²) in [7, 11) is 0. The first-order valence-corrected chi connectivity index (χ1v) is 28.1. The molecule has 0 spiro atoms. The van der Waals surface area contributed by atoms with E-state index in [4.69, 9.17) is 22.9 Å². The van der Waals surface area contributed by atoms with E-state index >= 15 is 0 Å². The number of rotatable bonds is 37. The quantitative estimate of drug-likeness (QED) is 0.0119. The van der Waals surface area contributed by atoms with Gasteiger partial charge in [-0.1, -0.05) is 13.8 Å². The van der Waals surface area contributed by atoms with Gasteiger partial charge in [0.15, 0.2) is 5.96 Å². The number of hydrogen-bond acceptors (Lipinski definition) is 18. The second kappa shape index (κ2) is 37.7. The molecule has 11 amide bonds. The van der Waals surface area contributed by atoms with Gasteiger partial charge < -0.3 is 86.1 Å². The number of thioether (sulfide) groups is 1. The van der Waals surface area contributed by atoms with Crippen molar-refractivity contribution in [3.63, 3.8) is 0 Å². The summed E-state index contributed by atoms with van der Waals surface area (Å²) in [5.41, 5.74) is 22.0. The number of carbonyl (C=O) groups is 12. The van der Waals surface area contributed by atoms with E-state index in [0.717, 1.165) is 0 Å². The zero-order valence-electron chi connectivity index (χ0n) is 44.9. The number of nitrogens with one attached hydrogen (secondary N) is 10. The number of aliphatic imine (C=N–C) groups is 1. The molecule has 1 saturated heterocycles. The molecule has 0 aromatic carbocycles. The third-order valence-corrected chi connectivity index (χ3v) is 13.1. The van der Waals surface area contributed by atoms with Crippen molar-refractivity contribution >= 4 is 114 Å². The van der Waals surface area contributed by atoms with Gasteiger partial charge in [0.1, 0.15) is 48.3 Å². The largest absolute Gasteiger partial charge is 0.480 e. The summed E-state index contributed by atoms with van der Waals surface area (Å²) in [4.78, 5) is 161. The van der Waals surface area contributed by atoms with Gasteiger partial charge in [0.25, 0.3) is 0 Å². The third-order valence-electron chi connectivity index (χ3n) is 11.7. The SMILES string of the molecule is CSCC[C@H](NC(=O)[C@H](C)N)C(=O)N[C@@H](CS)C(=O)NCC(=O)N1CCC[C@H]1C(=O)N[C@@H](CCCN=C(N)N)C(=O)N[C@@H](CS)C(=O)N[C@@H](CC(C)C)C(=O)N[C@@H](C)C(=O)NCC(=O)NCC(=O)N[C@@H](CCCCN)C(=O)O. The molecule has 1 heterocycles. The molecule has 1 fully saturated rings. The van der Waals surface area contributed by atoms with Gasteiger partial charge in [0.05, 0.1) is 25.7 Å². The van der Waals surface area contributed by atoms with Crippen LogP contribution in [0, 0.1) is 5.92 Å². The van der Waals surface area contributed by atoms with Crippen molar-refractivity contribution in [3.05, 3.63) is 0 Å². The number of carboxylic acids is 1. The number of amides is 11. The molecular weight excluding hydrogens is 1080 g/mol. The molecule has 32 heteroatoms. The van der Waals surface area contributed by atoms with Crippen LogP contribution in [0.1, 0.15) is 85.5 Å². The average Bonchev–Trinajstić information content (AvgIpc) is 3.89. The highest BCUT2D eigenvalue weighted by Gasteiger charge is 2.37. The van der Waals surface area contributed by atoms with Gasteiger partial charge in [-0.05, 0) is 96.1 Å². The van der Waals surface area contributed by atoms with E-state index in [-0.39, 0.29) is 75.0 Å².